The lowest BCUT2D eigenvalue weighted by Gasteiger charge is -2.38. The van der Waals surface area contributed by atoms with Gasteiger partial charge in [0.1, 0.15) is 0 Å². The first-order chi connectivity index (χ1) is 15.1. The van der Waals surface area contributed by atoms with Gasteiger partial charge in [0, 0.05) is 0 Å². The molecule has 0 aromatic heterocycles. The minimum absolute atomic E-state index is 0.260. The summed E-state index contributed by atoms with van der Waals surface area (Å²) in [6.45, 7) is 4.48. The summed E-state index contributed by atoms with van der Waals surface area (Å²) in [4.78, 5) is 0. The number of terminal acetylenes is 1. The smallest absolute Gasteiger partial charge is 0.165 e. The fourth-order valence-corrected chi connectivity index (χ4v) is 6.06. The van der Waals surface area contributed by atoms with Gasteiger partial charge in [0.25, 0.3) is 0 Å². The molecular formula is C29H43FO. The molecule has 1 nitrogen and oxygen atoms in total. The Hall–Kier alpha value is -1.49. The fourth-order valence-electron chi connectivity index (χ4n) is 6.06. The van der Waals surface area contributed by atoms with Crippen LogP contribution in [0, 0.1) is 35.9 Å². The molecule has 0 aliphatic heterocycles. The molecule has 1 aromatic carbocycles. The van der Waals surface area contributed by atoms with E-state index in [1.165, 1.54) is 64.2 Å². The summed E-state index contributed by atoms with van der Waals surface area (Å²) >= 11 is 0. The molecule has 1 atom stereocenters. The van der Waals surface area contributed by atoms with E-state index < -0.39 is 0 Å². The van der Waals surface area contributed by atoms with Gasteiger partial charge in [0.05, 0.1) is 0 Å². The lowest BCUT2D eigenvalue weighted by Crippen LogP contribution is -2.25. The van der Waals surface area contributed by atoms with Gasteiger partial charge < -0.3 is 4.74 Å². The average Bonchev–Trinajstić information content (AvgIpc) is 2.80. The van der Waals surface area contributed by atoms with Crippen molar-refractivity contribution in [2.24, 2.45) is 17.8 Å². The van der Waals surface area contributed by atoms with Gasteiger partial charge in [-0.25, -0.2) is 4.39 Å². The van der Waals surface area contributed by atoms with Crippen LogP contribution in [-0.2, 0) is 0 Å². The van der Waals surface area contributed by atoms with Crippen molar-refractivity contribution >= 4 is 0 Å². The van der Waals surface area contributed by atoms with Crippen LogP contribution in [-0.4, -0.2) is 6.10 Å². The fraction of sp³-hybridized carbons (Fsp3) is 0.724. The largest absolute Gasteiger partial charge is 0.475 e. The molecule has 2 fully saturated rings. The molecule has 3 rings (SSSR count). The third kappa shape index (κ3) is 7.00. The molecule has 31 heavy (non-hydrogen) atoms. The molecule has 1 unspecified atom stereocenters. The van der Waals surface area contributed by atoms with Crippen molar-refractivity contribution in [3.63, 3.8) is 0 Å². The number of unbranched alkanes of at least 4 members (excludes halogenated alkanes) is 2. The highest BCUT2D eigenvalue weighted by Crippen LogP contribution is 2.44. The van der Waals surface area contributed by atoms with Crippen molar-refractivity contribution in [3.05, 3.63) is 29.6 Å². The molecule has 0 N–H and O–H groups in total. The molecular weight excluding hydrogens is 383 g/mol. The van der Waals surface area contributed by atoms with Crippen LogP contribution in [0.1, 0.15) is 115 Å². The van der Waals surface area contributed by atoms with E-state index in [0.717, 1.165) is 49.0 Å². The van der Waals surface area contributed by atoms with Crippen LogP contribution < -0.4 is 4.74 Å². The zero-order valence-electron chi connectivity index (χ0n) is 19.9. The minimum Gasteiger partial charge on any atom is -0.475 e. The molecule has 1 aromatic rings. The van der Waals surface area contributed by atoms with Crippen LogP contribution in [0.15, 0.2) is 18.2 Å². The summed E-state index contributed by atoms with van der Waals surface area (Å²) < 4.78 is 20.6. The van der Waals surface area contributed by atoms with Gasteiger partial charge in [-0.1, -0.05) is 64.4 Å². The first-order valence-corrected chi connectivity index (χ1v) is 13.1. The Morgan fingerprint density at radius 2 is 1.65 bits per heavy atom. The summed E-state index contributed by atoms with van der Waals surface area (Å²) in [6.07, 6.45) is 22.9. The molecule has 2 heteroatoms. The van der Waals surface area contributed by atoms with Gasteiger partial charge in [-0.3, -0.25) is 0 Å². The van der Waals surface area contributed by atoms with Crippen molar-refractivity contribution in [2.75, 3.05) is 0 Å². The van der Waals surface area contributed by atoms with Crippen molar-refractivity contribution < 1.29 is 9.13 Å². The standard InChI is InChI=1S/C29H43FO/c1-4-7-8-10-27(6-3)31-29-20-19-26(21-28(29)30)25-17-15-24(16-18-25)23-13-11-22(9-5-2)12-14-23/h3,19-25,27H,4-5,7-18H2,1-2H3. The first-order valence-electron chi connectivity index (χ1n) is 13.1. The zero-order chi connectivity index (χ0) is 22.1. The Bertz CT molecular complexity index is 689. The Kier molecular flexibility index (Phi) is 9.76. The number of hydrogen-bond acceptors (Lipinski definition) is 1. The topological polar surface area (TPSA) is 9.23 Å². The van der Waals surface area contributed by atoms with E-state index in [0.29, 0.717) is 11.7 Å². The summed E-state index contributed by atoms with van der Waals surface area (Å²) in [5, 5.41) is 0. The number of hydrogen-bond donors (Lipinski definition) is 0. The van der Waals surface area contributed by atoms with Gasteiger partial charge in [-0.2, -0.15) is 0 Å². The zero-order valence-corrected chi connectivity index (χ0v) is 19.9. The SMILES string of the molecule is C#CC(CCCCC)Oc1ccc(C2CCC(C3CCC(CCC)CC3)CC2)cc1F. The lowest BCUT2D eigenvalue weighted by atomic mass is 9.68. The number of rotatable bonds is 10. The van der Waals surface area contributed by atoms with Crippen LogP contribution in [0.5, 0.6) is 5.75 Å². The van der Waals surface area contributed by atoms with E-state index in [2.05, 4.69) is 25.8 Å². The maximum absolute atomic E-state index is 14.8. The van der Waals surface area contributed by atoms with E-state index in [1.807, 2.05) is 0 Å². The molecule has 0 bridgehead atoms. The highest BCUT2D eigenvalue weighted by atomic mass is 19.1. The molecule has 2 aliphatic carbocycles. The average molecular weight is 427 g/mol. The molecule has 0 spiro atoms. The Balaban J connectivity index is 1.48. The van der Waals surface area contributed by atoms with Crippen LogP contribution >= 0.6 is 0 Å². The normalized spacial score (nSPS) is 27.4. The first kappa shape index (κ1) is 24.2. The summed E-state index contributed by atoms with van der Waals surface area (Å²) in [6, 6.07) is 5.57. The second kappa shape index (κ2) is 12.5. The summed E-state index contributed by atoms with van der Waals surface area (Å²) in [7, 11) is 0. The molecule has 0 heterocycles. The maximum Gasteiger partial charge on any atom is 0.165 e. The molecule has 0 saturated heterocycles. The van der Waals surface area contributed by atoms with Crippen LogP contribution in [0.25, 0.3) is 0 Å². The van der Waals surface area contributed by atoms with Gasteiger partial charge in [0.2, 0.25) is 0 Å². The van der Waals surface area contributed by atoms with E-state index in [9.17, 15) is 4.39 Å². The van der Waals surface area contributed by atoms with Crippen molar-refractivity contribution in [1.29, 1.82) is 0 Å². The second-order valence-electron chi connectivity index (χ2n) is 10.1. The predicted octanol–water partition coefficient (Wildman–Crippen LogP) is 8.67. The number of ether oxygens (including phenoxy) is 1. The Morgan fingerprint density at radius 1 is 0.968 bits per heavy atom. The monoisotopic (exact) mass is 426 g/mol. The van der Waals surface area contributed by atoms with Gasteiger partial charge in [0.15, 0.2) is 17.7 Å². The summed E-state index contributed by atoms with van der Waals surface area (Å²) in [5.41, 5.74) is 1.14. The summed E-state index contributed by atoms with van der Waals surface area (Å²) in [5.74, 6) is 6.03. The Morgan fingerprint density at radius 3 is 2.23 bits per heavy atom. The van der Waals surface area contributed by atoms with E-state index >= 15 is 0 Å². The molecule has 172 valence electrons. The third-order valence-corrected chi connectivity index (χ3v) is 7.98. The van der Waals surface area contributed by atoms with Gasteiger partial charge in [-0.15, -0.1) is 6.42 Å². The van der Waals surface area contributed by atoms with E-state index in [-0.39, 0.29) is 11.9 Å². The molecule has 2 aliphatic rings. The molecule has 0 amide bonds. The van der Waals surface area contributed by atoms with Crippen LogP contribution in [0.4, 0.5) is 4.39 Å². The van der Waals surface area contributed by atoms with Crippen molar-refractivity contribution in [1.82, 2.24) is 0 Å². The maximum atomic E-state index is 14.8. The van der Waals surface area contributed by atoms with Gasteiger partial charge >= 0.3 is 0 Å². The van der Waals surface area contributed by atoms with Crippen LogP contribution in [0.2, 0.25) is 0 Å². The lowest BCUT2D eigenvalue weighted by molar-refractivity contribution is 0.156. The molecule has 0 radical (unpaired) electrons. The highest BCUT2D eigenvalue weighted by molar-refractivity contribution is 5.32. The van der Waals surface area contributed by atoms with Crippen LogP contribution in [0.3, 0.4) is 0 Å². The molecule has 2 saturated carbocycles. The quantitative estimate of drug-likeness (QED) is 0.268. The van der Waals surface area contributed by atoms with E-state index in [4.69, 9.17) is 11.2 Å². The number of halogens is 1. The highest BCUT2D eigenvalue weighted by Gasteiger charge is 2.31. The Labute approximate surface area is 190 Å². The van der Waals surface area contributed by atoms with E-state index in [1.54, 1.807) is 12.1 Å². The third-order valence-electron chi connectivity index (χ3n) is 7.98. The second-order valence-corrected chi connectivity index (χ2v) is 10.1. The predicted molar refractivity (Wildman–Crippen MR) is 129 cm³/mol. The van der Waals surface area contributed by atoms with Gasteiger partial charge in [-0.05, 0) is 92.7 Å². The minimum atomic E-state index is -0.338. The number of benzene rings is 1. The van der Waals surface area contributed by atoms with Crippen molar-refractivity contribution in [3.8, 4) is 18.1 Å². The van der Waals surface area contributed by atoms with Crippen molar-refractivity contribution in [2.45, 2.75) is 116 Å².